The van der Waals surface area contributed by atoms with Gasteiger partial charge in [0.15, 0.2) is 0 Å². The molecule has 2 heterocycles. The Labute approximate surface area is 240 Å². The van der Waals surface area contributed by atoms with Crippen molar-refractivity contribution < 1.29 is 19.1 Å². The van der Waals surface area contributed by atoms with Crippen LogP contribution in [0.5, 0.6) is 5.75 Å². The normalized spacial score (nSPS) is 18.7. The smallest absolute Gasteiger partial charge is 0.249 e. The summed E-state index contributed by atoms with van der Waals surface area (Å²) in [6.07, 6.45) is 3.62. The number of piperidine rings is 1. The van der Waals surface area contributed by atoms with Crippen LogP contribution in [0, 0.1) is 0 Å². The van der Waals surface area contributed by atoms with Gasteiger partial charge in [-0.2, -0.15) is 0 Å². The van der Waals surface area contributed by atoms with Gasteiger partial charge in [-0.15, -0.1) is 0 Å². The van der Waals surface area contributed by atoms with Crippen LogP contribution in [0.25, 0.3) is 10.9 Å². The summed E-state index contributed by atoms with van der Waals surface area (Å²) in [5, 5.41) is 7.17. The highest BCUT2D eigenvalue weighted by Crippen LogP contribution is 2.29. The number of ether oxygens (including phenoxy) is 1. The van der Waals surface area contributed by atoms with E-state index in [1.165, 1.54) is 0 Å². The van der Waals surface area contributed by atoms with Crippen LogP contribution in [-0.4, -0.2) is 52.8 Å². The number of hydrogen-bond acceptors (Lipinski definition) is 4. The van der Waals surface area contributed by atoms with Crippen molar-refractivity contribution in [1.29, 1.82) is 0 Å². The summed E-state index contributed by atoms with van der Waals surface area (Å²) < 4.78 is 5.27. The molecule has 5 rings (SSSR count). The first-order valence-corrected chi connectivity index (χ1v) is 14.0. The van der Waals surface area contributed by atoms with Gasteiger partial charge in [0.1, 0.15) is 17.3 Å². The van der Waals surface area contributed by atoms with Crippen LogP contribution in [0.4, 0.5) is 0 Å². The fourth-order valence-corrected chi connectivity index (χ4v) is 5.55. The molecule has 0 radical (unpaired) electrons. The maximum Gasteiger partial charge on any atom is 0.249 e. The zero-order valence-electron chi connectivity index (χ0n) is 23.5. The maximum absolute atomic E-state index is 14.0. The molecule has 3 N–H and O–H groups in total. The Kier molecular flexibility index (Phi) is 8.38. The van der Waals surface area contributed by atoms with Crippen LogP contribution in [0.15, 0.2) is 85.1 Å². The monoisotopic (exact) mass is 552 g/mol. The fraction of sp³-hybridized carbons (Fsp3) is 0.303. The summed E-state index contributed by atoms with van der Waals surface area (Å²) in [7, 11) is 1.60. The Balaban J connectivity index is 1.29. The number of carbonyl (C=O) groups is 3. The van der Waals surface area contributed by atoms with Crippen molar-refractivity contribution in [3.63, 3.8) is 0 Å². The lowest BCUT2D eigenvalue weighted by Crippen LogP contribution is -2.65. The number of methoxy groups -OCH3 is 1. The van der Waals surface area contributed by atoms with Crippen molar-refractivity contribution in [2.45, 2.75) is 50.7 Å². The minimum atomic E-state index is -1.11. The Morgan fingerprint density at radius 3 is 2.49 bits per heavy atom. The van der Waals surface area contributed by atoms with Crippen molar-refractivity contribution >= 4 is 28.6 Å². The van der Waals surface area contributed by atoms with E-state index in [0.29, 0.717) is 31.6 Å². The maximum atomic E-state index is 14.0. The molecule has 4 aromatic rings. The minimum absolute atomic E-state index is 0.180. The summed E-state index contributed by atoms with van der Waals surface area (Å²) in [5.74, 6) is 0.0310. The molecule has 1 aliphatic heterocycles. The average Bonchev–Trinajstić information content (AvgIpc) is 3.39. The quantitative estimate of drug-likeness (QED) is 0.275. The summed E-state index contributed by atoms with van der Waals surface area (Å²) in [5.41, 5.74) is 2.82. The van der Waals surface area contributed by atoms with E-state index in [2.05, 4.69) is 21.7 Å². The molecule has 3 aromatic carbocycles. The predicted octanol–water partition coefficient (Wildman–Crippen LogP) is 4.14. The number of amides is 3. The van der Waals surface area contributed by atoms with E-state index >= 15 is 0 Å². The molecule has 41 heavy (non-hydrogen) atoms. The minimum Gasteiger partial charge on any atom is -0.497 e. The average molecular weight is 553 g/mol. The predicted molar refractivity (Wildman–Crippen MR) is 158 cm³/mol. The van der Waals surface area contributed by atoms with Crippen LogP contribution in [0.3, 0.4) is 0 Å². The van der Waals surface area contributed by atoms with E-state index in [0.717, 1.165) is 27.6 Å². The Morgan fingerprint density at radius 2 is 1.73 bits per heavy atom. The van der Waals surface area contributed by atoms with E-state index in [4.69, 9.17) is 4.74 Å². The molecule has 8 heteroatoms. The van der Waals surface area contributed by atoms with Gasteiger partial charge >= 0.3 is 0 Å². The second-order valence-corrected chi connectivity index (χ2v) is 10.8. The highest BCUT2D eigenvalue weighted by atomic mass is 16.5. The molecule has 1 saturated heterocycles. The molecule has 8 nitrogen and oxygen atoms in total. The second-order valence-electron chi connectivity index (χ2n) is 10.8. The Hall–Kier alpha value is -4.59. The van der Waals surface area contributed by atoms with Gasteiger partial charge in [-0.05, 0) is 61.1 Å². The summed E-state index contributed by atoms with van der Waals surface area (Å²) in [4.78, 5) is 45.3. The van der Waals surface area contributed by atoms with E-state index in [1.54, 1.807) is 18.9 Å². The van der Waals surface area contributed by atoms with Gasteiger partial charge in [0, 0.05) is 30.2 Å². The van der Waals surface area contributed by atoms with Gasteiger partial charge in [0.25, 0.3) is 0 Å². The summed E-state index contributed by atoms with van der Waals surface area (Å²) in [6, 6.07) is 24.3. The van der Waals surface area contributed by atoms with E-state index in [-0.39, 0.29) is 30.7 Å². The number of aromatic nitrogens is 1. The SMILES string of the molecule is COc1ccc(CN2C(=O)[C@@](C)(NC(=O)Cc3ccccc3)CC[C@H]2C(=O)NCCc2c[nH]c3ccccc23)cc1. The number of carbonyl (C=O) groups excluding carboxylic acids is 3. The number of fused-ring (bicyclic) bond motifs is 1. The molecular weight excluding hydrogens is 516 g/mol. The molecule has 0 bridgehead atoms. The lowest BCUT2D eigenvalue weighted by molar-refractivity contribution is -0.152. The van der Waals surface area contributed by atoms with Crippen molar-refractivity contribution in [2.75, 3.05) is 13.7 Å². The van der Waals surface area contributed by atoms with Crippen LogP contribution < -0.4 is 15.4 Å². The van der Waals surface area contributed by atoms with Gasteiger partial charge < -0.3 is 25.3 Å². The van der Waals surface area contributed by atoms with Gasteiger partial charge in [-0.25, -0.2) is 0 Å². The summed E-state index contributed by atoms with van der Waals surface area (Å²) in [6.45, 7) is 2.45. The van der Waals surface area contributed by atoms with E-state index in [1.807, 2.05) is 79.0 Å². The van der Waals surface area contributed by atoms with Crippen LogP contribution in [0.1, 0.15) is 36.5 Å². The fourth-order valence-electron chi connectivity index (χ4n) is 5.55. The highest BCUT2D eigenvalue weighted by Gasteiger charge is 2.47. The summed E-state index contributed by atoms with van der Waals surface area (Å²) >= 11 is 0. The van der Waals surface area contributed by atoms with Crippen molar-refractivity contribution in [3.8, 4) is 5.75 Å². The number of rotatable bonds is 10. The number of nitrogens with one attached hydrogen (secondary N) is 3. The zero-order valence-corrected chi connectivity index (χ0v) is 23.5. The number of H-pyrrole nitrogens is 1. The number of aromatic amines is 1. The number of likely N-dealkylation sites (tertiary alicyclic amines) is 1. The lowest BCUT2D eigenvalue weighted by Gasteiger charge is -2.44. The van der Waals surface area contributed by atoms with Crippen molar-refractivity contribution in [2.24, 2.45) is 0 Å². The Morgan fingerprint density at radius 1 is 1.00 bits per heavy atom. The topological polar surface area (TPSA) is 104 Å². The molecular formula is C33H36N4O4. The van der Waals surface area contributed by atoms with E-state index < -0.39 is 11.6 Å². The van der Waals surface area contributed by atoms with Crippen LogP contribution in [0.2, 0.25) is 0 Å². The van der Waals surface area contributed by atoms with Crippen molar-refractivity contribution in [3.05, 3.63) is 102 Å². The molecule has 3 amide bonds. The molecule has 1 fully saturated rings. The van der Waals surface area contributed by atoms with Gasteiger partial charge in [-0.3, -0.25) is 14.4 Å². The number of benzene rings is 3. The Bertz CT molecular complexity index is 1520. The van der Waals surface area contributed by atoms with Gasteiger partial charge in [0.2, 0.25) is 17.7 Å². The van der Waals surface area contributed by atoms with Crippen LogP contribution in [-0.2, 0) is 33.8 Å². The largest absolute Gasteiger partial charge is 0.497 e. The number of para-hydroxylation sites is 1. The molecule has 0 unspecified atom stereocenters. The second kappa shape index (κ2) is 12.3. The number of nitrogens with zero attached hydrogens (tertiary/aromatic N) is 1. The zero-order chi connectivity index (χ0) is 28.8. The molecule has 1 aliphatic rings. The highest BCUT2D eigenvalue weighted by molar-refractivity contribution is 5.96. The first-order valence-electron chi connectivity index (χ1n) is 14.0. The molecule has 0 saturated carbocycles. The van der Waals surface area contributed by atoms with Gasteiger partial charge in [0.05, 0.1) is 13.5 Å². The standard InChI is InChI=1S/C33H36N4O4/c1-33(36-30(38)20-23-8-4-3-5-9-23)18-16-29(37(32(33)40)22-24-12-14-26(41-2)15-13-24)31(39)34-19-17-25-21-35-28-11-7-6-10-27(25)28/h3-15,21,29,35H,16-20,22H2,1-2H3,(H,34,39)(H,36,38)/t29-,33-/m0/s1. The third-order valence-corrected chi connectivity index (χ3v) is 7.83. The third kappa shape index (κ3) is 6.43. The lowest BCUT2D eigenvalue weighted by atomic mass is 9.85. The molecule has 0 aliphatic carbocycles. The molecule has 1 aromatic heterocycles. The van der Waals surface area contributed by atoms with Crippen LogP contribution >= 0.6 is 0 Å². The molecule has 0 spiro atoms. The molecule has 2 atom stereocenters. The van der Waals surface area contributed by atoms with Crippen molar-refractivity contribution in [1.82, 2.24) is 20.5 Å². The van der Waals surface area contributed by atoms with Gasteiger partial charge in [-0.1, -0.05) is 60.7 Å². The number of hydrogen-bond donors (Lipinski definition) is 3. The third-order valence-electron chi connectivity index (χ3n) is 7.83. The molecule has 212 valence electrons. The first kappa shape index (κ1) is 28.0. The first-order chi connectivity index (χ1) is 19.9. The van der Waals surface area contributed by atoms with E-state index in [9.17, 15) is 14.4 Å².